The van der Waals surface area contributed by atoms with Gasteiger partial charge in [0, 0.05) is 71.3 Å². The lowest BCUT2D eigenvalue weighted by Crippen LogP contribution is -2.41. The van der Waals surface area contributed by atoms with Crippen molar-refractivity contribution in [1.82, 2.24) is 9.97 Å². The molecule has 5 heterocycles. The summed E-state index contributed by atoms with van der Waals surface area (Å²) in [5, 5.41) is 24.0. The maximum absolute atomic E-state index is 14.7. The summed E-state index contributed by atoms with van der Waals surface area (Å²) in [6, 6.07) is 102. The van der Waals surface area contributed by atoms with Crippen LogP contribution in [0, 0.1) is 0 Å². The molecular formula is C88H64BBrN2O6P2. The first-order valence-electron chi connectivity index (χ1n) is 33.5. The smallest absolute Gasteiger partial charge is 0.456 e. The van der Waals surface area contributed by atoms with E-state index < -0.39 is 21.4 Å². The number of rotatable bonds is 8. The van der Waals surface area contributed by atoms with Gasteiger partial charge in [-0.2, -0.15) is 0 Å². The summed E-state index contributed by atoms with van der Waals surface area (Å²) in [6.45, 7) is 8.31. The Hall–Kier alpha value is -10.5. The molecule has 0 spiro atoms. The van der Waals surface area contributed by atoms with Crippen molar-refractivity contribution in [2.24, 2.45) is 0 Å². The molecule has 1 saturated heterocycles. The molecule has 1 aliphatic heterocycles. The van der Waals surface area contributed by atoms with E-state index in [0.29, 0.717) is 5.30 Å². The number of pyridine rings is 2. The zero-order chi connectivity index (χ0) is 67.9. The van der Waals surface area contributed by atoms with Crippen molar-refractivity contribution in [2.45, 2.75) is 38.9 Å². The lowest BCUT2D eigenvalue weighted by atomic mass is 9.79. The highest BCUT2D eigenvalue weighted by atomic mass is 79.9. The first-order chi connectivity index (χ1) is 48.7. The fraction of sp³-hybridized carbons (Fsp3) is 0.0682. The molecule has 0 unspecified atom stereocenters. The molecule has 19 rings (SSSR count). The van der Waals surface area contributed by atoms with Crippen molar-refractivity contribution in [1.29, 1.82) is 0 Å². The molecular weight excluding hydrogens is 1330 g/mol. The second-order valence-electron chi connectivity index (χ2n) is 26.5. The topological polar surface area (TPSA) is 105 Å². The lowest BCUT2D eigenvalue weighted by Gasteiger charge is -2.32. The van der Waals surface area contributed by atoms with Crippen LogP contribution in [0.3, 0.4) is 0 Å². The highest BCUT2D eigenvalue weighted by molar-refractivity contribution is 9.10. The van der Waals surface area contributed by atoms with Crippen molar-refractivity contribution >= 4 is 183 Å². The molecule has 0 saturated carbocycles. The van der Waals surface area contributed by atoms with Gasteiger partial charge in [0.25, 0.3) is 0 Å². The Balaban J connectivity index is 0.000000120. The summed E-state index contributed by atoms with van der Waals surface area (Å²) in [5.74, 6) is 0. The number of hydrogen-bond donors (Lipinski definition) is 0. The van der Waals surface area contributed by atoms with Crippen LogP contribution >= 0.6 is 30.2 Å². The summed E-state index contributed by atoms with van der Waals surface area (Å²) in [4.78, 5) is 9.07. The third kappa shape index (κ3) is 10.8. The van der Waals surface area contributed by atoms with Crippen LogP contribution in [0.5, 0.6) is 0 Å². The molecule has 4 aromatic heterocycles. The van der Waals surface area contributed by atoms with Crippen LogP contribution in [0.4, 0.5) is 0 Å². The van der Waals surface area contributed by atoms with Gasteiger partial charge in [0.15, 0.2) is 14.3 Å². The van der Waals surface area contributed by atoms with Gasteiger partial charge < -0.3 is 27.3 Å². The number of aromatic nitrogens is 2. The molecule has 0 amide bonds. The van der Waals surface area contributed by atoms with Crippen LogP contribution in [0.1, 0.15) is 27.7 Å². The van der Waals surface area contributed by atoms with Crippen molar-refractivity contribution in [3.8, 4) is 11.3 Å². The molecule has 0 aliphatic carbocycles. The number of furan rings is 2. The molecule has 18 aromatic rings. The van der Waals surface area contributed by atoms with Gasteiger partial charge in [-0.1, -0.05) is 237 Å². The second kappa shape index (κ2) is 25.0. The number of benzene rings is 14. The summed E-state index contributed by atoms with van der Waals surface area (Å²) < 4.78 is 54.8. The maximum atomic E-state index is 14.7. The zero-order valence-corrected chi connectivity index (χ0v) is 58.6. The number of hydrogen-bond acceptors (Lipinski definition) is 8. The minimum Gasteiger partial charge on any atom is -0.456 e. The molecule has 100 heavy (non-hydrogen) atoms. The third-order valence-corrected chi connectivity index (χ3v) is 26.7. The van der Waals surface area contributed by atoms with Crippen LogP contribution < -0.4 is 37.3 Å². The van der Waals surface area contributed by atoms with Gasteiger partial charge in [-0.3, -0.25) is 4.98 Å². The average Bonchev–Trinajstić information content (AvgIpc) is 1.35. The highest BCUT2D eigenvalue weighted by Gasteiger charge is 2.52. The Morgan fingerprint density at radius 2 is 0.630 bits per heavy atom. The van der Waals surface area contributed by atoms with Crippen LogP contribution in [-0.2, 0) is 18.4 Å². The van der Waals surface area contributed by atoms with Gasteiger partial charge in [-0.05, 0) is 180 Å². The van der Waals surface area contributed by atoms with Gasteiger partial charge in [-0.15, -0.1) is 0 Å². The van der Waals surface area contributed by atoms with E-state index in [9.17, 15) is 9.13 Å². The molecule has 0 atom stereocenters. The van der Waals surface area contributed by atoms with Crippen molar-refractivity contribution in [3.63, 3.8) is 0 Å². The standard InChI is InChI=1S/C41H26NO2P.C30H25BO3.C17H13BrNOP/c43-45(28-11-3-1-4-12-28,29-13-5-2-6-14-29)30-20-22-39(42-26-30)27-19-21-35-38-24-36-33-17-9-7-15-31(33)32-16-8-10-18-34(32)37(36)25-41(38)44-40(35)23-27;1-29(2)30(3,4)34-31(33-29)18-13-14-23-26-16-24-21-11-7-5-9-19(21)20-10-6-8-12-22(20)25(24)17-28(26)32-27(23)15-18;18-17-12-11-16(13-19-17)21(20,14-7-3-1-4-8-14)15-9-5-2-6-10-15/h1-26H;5-17H,1-4H3;1-13H. The molecule has 482 valence electrons. The molecule has 0 radical (unpaired) electrons. The van der Waals surface area contributed by atoms with E-state index in [1.54, 1.807) is 12.4 Å². The van der Waals surface area contributed by atoms with E-state index in [4.69, 9.17) is 23.1 Å². The normalized spacial score (nSPS) is 13.8. The quantitative estimate of drug-likeness (QED) is 0.0641. The monoisotopic (exact) mass is 1400 g/mol. The van der Waals surface area contributed by atoms with Gasteiger partial charge in [0.1, 0.15) is 26.9 Å². The first-order valence-corrected chi connectivity index (χ1v) is 37.7. The Labute approximate surface area is 586 Å². The van der Waals surface area contributed by atoms with Crippen LogP contribution in [0.15, 0.2) is 329 Å². The number of fused-ring (bicyclic) bond motifs is 18. The predicted molar refractivity (Wildman–Crippen MR) is 422 cm³/mol. The summed E-state index contributed by atoms with van der Waals surface area (Å²) in [7, 11) is -6.37. The number of halogens is 1. The Morgan fingerprint density at radius 1 is 0.300 bits per heavy atom. The minimum atomic E-state index is -3.08. The van der Waals surface area contributed by atoms with Gasteiger partial charge in [0.2, 0.25) is 0 Å². The van der Waals surface area contributed by atoms with Gasteiger partial charge in [0.05, 0.1) is 16.9 Å². The van der Waals surface area contributed by atoms with E-state index in [2.05, 4.69) is 206 Å². The molecule has 1 aliphatic rings. The van der Waals surface area contributed by atoms with E-state index in [1.165, 1.54) is 64.6 Å². The fourth-order valence-electron chi connectivity index (χ4n) is 14.4. The largest absolute Gasteiger partial charge is 0.494 e. The molecule has 8 nitrogen and oxygen atoms in total. The first kappa shape index (κ1) is 62.9. The number of nitrogens with zero attached hydrogens (tertiary/aromatic N) is 2. The lowest BCUT2D eigenvalue weighted by molar-refractivity contribution is 0.00578. The molecule has 14 aromatic carbocycles. The van der Waals surface area contributed by atoms with Gasteiger partial charge >= 0.3 is 7.12 Å². The van der Waals surface area contributed by atoms with E-state index in [-0.39, 0.29) is 11.2 Å². The van der Waals surface area contributed by atoms with Gasteiger partial charge in [-0.25, -0.2) is 4.98 Å². The van der Waals surface area contributed by atoms with Crippen molar-refractivity contribution in [2.75, 3.05) is 0 Å². The Kier molecular flexibility index (Phi) is 15.7. The average molecular weight is 1400 g/mol. The SMILES string of the molecule is CC1(C)OB(c2ccc3c(c2)oc2cc4c5ccccc5c5ccccc5c4cc23)OC1(C)C.O=P(c1ccccc1)(c1ccccc1)c1ccc(-c2ccc3c(c2)oc2cc4c5ccccc5c5ccccc5c4cc23)nc1.O=P(c1ccccc1)(c1ccccc1)c1ccc(Br)nc1. The fourth-order valence-corrected chi connectivity index (χ4v) is 19.8. The minimum absolute atomic E-state index is 0.375. The predicted octanol–water partition coefficient (Wildman–Crippen LogP) is 20.6. The van der Waals surface area contributed by atoms with Crippen LogP contribution in [0.25, 0.3) is 120 Å². The van der Waals surface area contributed by atoms with Crippen LogP contribution in [-0.4, -0.2) is 28.3 Å². The second-order valence-corrected chi connectivity index (χ2v) is 32.9. The van der Waals surface area contributed by atoms with E-state index in [1.807, 2.05) is 146 Å². The van der Waals surface area contributed by atoms with Crippen LogP contribution in [0.2, 0.25) is 0 Å². The van der Waals surface area contributed by atoms with E-state index in [0.717, 1.165) is 91.7 Å². The summed E-state index contributed by atoms with van der Waals surface area (Å²) >= 11 is 3.32. The molecule has 1 fully saturated rings. The molecule has 12 heteroatoms. The maximum Gasteiger partial charge on any atom is 0.494 e. The third-order valence-electron chi connectivity index (χ3n) is 20.2. The highest BCUT2D eigenvalue weighted by Crippen LogP contribution is 2.46. The Morgan fingerprint density at radius 3 is 1.00 bits per heavy atom. The molecule has 0 bridgehead atoms. The van der Waals surface area contributed by atoms with E-state index >= 15 is 0 Å². The van der Waals surface area contributed by atoms with Crippen molar-refractivity contribution < 1.29 is 27.3 Å². The Bertz CT molecular complexity index is 6210. The summed E-state index contributed by atoms with van der Waals surface area (Å²) in [5.41, 5.74) is 5.41. The molecule has 0 N–H and O–H groups in total. The van der Waals surface area contributed by atoms with Crippen molar-refractivity contribution in [3.05, 3.63) is 320 Å². The summed E-state index contributed by atoms with van der Waals surface area (Å²) in [6.07, 6.45) is 3.45. The zero-order valence-electron chi connectivity index (χ0n) is 55.2.